The van der Waals surface area contributed by atoms with Crippen LogP contribution in [0.1, 0.15) is 51.3 Å². The van der Waals surface area contributed by atoms with E-state index in [0.29, 0.717) is 0 Å². The average molecular weight is 874 g/mol. The van der Waals surface area contributed by atoms with Gasteiger partial charge < -0.3 is 18.5 Å². The van der Waals surface area contributed by atoms with Crippen molar-refractivity contribution in [3.8, 4) is 50.9 Å². The van der Waals surface area contributed by atoms with Crippen LogP contribution in [0.3, 0.4) is 0 Å². The summed E-state index contributed by atoms with van der Waals surface area (Å²) >= 11 is 0. The molecular formula is C63H44BNO3. The maximum atomic E-state index is 7.58. The molecular weight excluding hydrogens is 830 g/mol. The van der Waals surface area contributed by atoms with Gasteiger partial charge in [0.05, 0.1) is 16.7 Å². The van der Waals surface area contributed by atoms with E-state index in [1.54, 1.807) is 0 Å². The van der Waals surface area contributed by atoms with Crippen LogP contribution >= 0.6 is 0 Å². The lowest BCUT2D eigenvalue weighted by atomic mass is 9.33. The second kappa shape index (κ2) is 13.1. The average Bonchev–Trinajstić information content (AvgIpc) is 3.96. The van der Waals surface area contributed by atoms with Gasteiger partial charge >= 0.3 is 0 Å². The zero-order chi connectivity index (χ0) is 45.4. The van der Waals surface area contributed by atoms with Crippen molar-refractivity contribution < 1.29 is 13.9 Å². The van der Waals surface area contributed by atoms with E-state index in [0.717, 1.165) is 83.6 Å². The van der Waals surface area contributed by atoms with E-state index in [2.05, 4.69) is 209 Å². The van der Waals surface area contributed by atoms with E-state index in [-0.39, 0.29) is 17.5 Å². The third-order valence-electron chi connectivity index (χ3n) is 15.6. The van der Waals surface area contributed by atoms with Gasteiger partial charge in [0, 0.05) is 38.5 Å². The van der Waals surface area contributed by atoms with Gasteiger partial charge in [-0.25, -0.2) is 0 Å². The Morgan fingerprint density at radius 1 is 0.485 bits per heavy atom. The topological polar surface area (TPSA) is 36.5 Å². The van der Waals surface area contributed by atoms with Crippen LogP contribution in [0.4, 0.5) is 0 Å². The number of furan rings is 1. The van der Waals surface area contributed by atoms with E-state index < -0.39 is 0 Å². The van der Waals surface area contributed by atoms with Gasteiger partial charge in [-0.3, -0.25) is 0 Å². The van der Waals surface area contributed by atoms with Gasteiger partial charge in [-0.2, -0.15) is 0 Å². The maximum Gasteiger partial charge on any atom is 0.261 e. The highest BCUT2D eigenvalue weighted by molar-refractivity contribution is 6.99. The highest BCUT2D eigenvalue weighted by Gasteiger charge is 2.48. The Bertz CT molecular complexity index is 4240. The summed E-state index contributed by atoms with van der Waals surface area (Å²) < 4.78 is 23.8. The molecule has 2 aliphatic heterocycles. The summed E-state index contributed by atoms with van der Waals surface area (Å²) in [4.78, 5) is 0. The number of nitrogens with zero attached hydrogens (tertiary/aromatic N) is 1. The summed E-state index contributed by atoms with van der Waals surface area (Å²) in [5, 5.41) is 9.42. The summed E-state index contributed by atoms with van der Waals surface area (Å²) in [6.07, 6.45) is 0. The van der Waals surface area contributed by atoms with Gasteiger partial charge in [-0.05, 0) is 125 Å². The van der Waals surface area contributed by atoms with Crippen LogP contribution in [-0.2, 0) is 10.8 Å². The third kappa shape index (κ3) is 5.00. The van der Waals surface area contributed by atoms with Crippen molar-refractivity contribution in [2.24, 2.45) is 0 Å². The van der Waals surface area contributed by atoms with Crippen LogP contribution in [0, 0.1) is 0 Å². The number of hydrogen-bond acceptors (Lipinski definition) is 3. The van der Waals surface area contributed by atoms with Crippen molar-refractivity contribution in [3.05, 3.63) is 193 Å². The zero-order valence-electron chi connectivity index (χ0n) is 38.5. The molecule has 10 aromatic carbocycles. The molecule has 322 valence electrons. The fourth-order valence-corrected chi connectivity index (χ4v) is 12.5. The molecule has 0 amide bonds. The predicted octanol–water partition coefficient (Wildman–Crippen LogP) is 15.0. The van der Waals surface area contributed by atoms with Gasteiger partial charge in [0.15, 0.2) is 0 Å². The smallest absolute Gasteiger partial charge is 0.261 e. The third-order valence-corrected chi connectivity index (χ3v) is 15.6. The van der Waals surface area contributed by atoms with E-state index >= 15 is 0 Å². The second-order valence-corrected chi connectivity index (χ2v) is 20.8. The first-order valence-corrected chi connectivity index (χ1v) is 23.9. The number of para-hydroxylation sites is 2. The largest absolute Gasteiger partial charge is 0.458 e. The zero-order valence-corrected chi connectivity index (χ0v) is 38.5. The molecule has 0 spiro atoms. The van der Waals surface area contributed by atoms with Crippen molar-refractivity contribution >= 4 is 88.4 Å². The van der Waals surface area contributed by atoms with Crippen molar-refractivity contribution in [2.75, 3.05) is 0 Å². The SMILES string of the molecule is CC(C)(C)c1ccc2c(c1)B1c3c(cc(-c4cc5ccccc5c5ccccc45)cc3Oc3cc(-n4c5ccccc5c5cc6oc7ccccc7c6cc54)c4c(c31)-c1ccccc1C4(C)C)O2. The molecule has 4 heterocycles. The molecule has 0 bridgehead atoms. The van der Waals surface area contributed by atoms with Crippen LogP contribution in [-0.4, -0.2) is 11.3 Å². The number of ether oxygens (including phenoxy) is 2. The van der Waals surface area contributed by atoms with E-state index in [9.17, 15) is 0 Å². The summed E-state index contributed by atoms with van der Waals surface area (Å²) in [5.74, 6) is 3.41. The Morgan fingerprint density at radius 2 is 1.16 bits per heavy atom. The number of hydrogen-bond donors (Lipinski definition) is 0. The Morgan fingerprint density at radius 3 is 1.99 bits per heavy atom. The van der Waals surface area contributed by atoms with Gasteiger partial charge in [-0.15, -0.1) is 0 Å². The Hall–Kier alpha value is -8.02. The monoisotopic (exact) mass is 873 g/mol. The standard InChI is InChI=1S/C63H44BNO3/c1-62(2,3)37-26-27-53-48(31-37)64-60-55(67-53)29-36(44-28-35-16-6-7-17-38(35)39-18-8-9-19-40(39)44)30-56(60)68-57-34-51(59-58(61(57)64)43-22-10-13-23-47(43)63(59,4)5)65-49-24-14-11-20-41(49)45-33-54-46(32-50(45)65)42-21-12-15-25-52(42)66-54/h6-34H,1-5H3. The molecule has 0 saturated carbocycles. The van der Waals surface area contributed by atoms with E-state index in [4.69, 9.17) is 13.9 Å². The number of fused-ring (bicyclic) bond motifs is 17. The lowest BCUT2D eigenvalue weighted by molar-refractivity contribution is 0.464. The quantitative estimate of drug-likeness (QED) is 0.128. The molecule has 0 radical (unpaired) electrons. The molecule has 0 N–H and O–H groups in total. The molecule has 0 saturated heterocycles. The summed E-state index contributed by atoms with van der Waals surface area (Å²) in [6, 6.07) is 64.4. The van der Waals surface area contributed by atoms with E-state index in [1.807, 2.05) is 6.07 Å². The summed E-state index contributed by atoms with van der Waals surface area (Å²) in [6.45, 7) is 11.5. The highest BCUT2D eigenvalue weighted by Crippen LogP contribution is 2.54. The van der Waals surface area contributed by atoms with Crippen molar-refractivity contribution in [2.45, 2.75) is 45.4 Å². The van der Waals surface area contributed by atoms with Crippen LogP contribution in [0.5, 0.6) is 23.0 Å². The molecule has 68 heavy (non-hydrogen) atoms. The number of aromatic nitrogens is 1. The number of benzene rings is 10. The molecule has 0 unspecified atom stereocenters. The van der Waals surface area contributed by atoms with Crippen molar-refractivity contribution in [3.63, 3.8) is 0 Å². The molecule has 1 aliphatic carbocycles. The van der Waals surface area contributed by atoms with Crippen LogP contribution in [0.2, 0.25) is 0 Å². The minimum absolute atomic E-state index is 0.0736. The summed E-state index contributed by atoms with van der Waals surface area (Å²) in [5.41, 5.74) is 16.8. The molecule has 15 rings (SSSR count). The van der Waals surface area contributed by atoms with Crippen molar-refractivity contribution in [1.82, 2.24) is 4.57 Å². The Kier molecular flexibility index (Phi) is 7.35. The Balaban J connectivity index is 1.07. The normalized spacial score (nSPS) is 14.3. The van der Waals surface area contributed by atoms with Crippen molar-refractivity contribution in [1.29, 1.82) is 0 Å². The molecule has 0 atom stereocenters. The molecule has 3 aliphatic rings. The van der Waals surface area contributed by atoms with Crippen LogP contribution in [0.15, 0.2) is 180 Å². The number of rotatable bonds is 2. The maximum absolute atomic E-state index is 7.58. The molecule has 4 nitrogen and oxygen atoms in total. The van der Waals surface area contributed by atoms with Gasteiger partial charge in [0.2, 0.25) is 0 Å². The van der Waals surface area contributed by atoms with E-state index in [1.165, 1.54) is 65.7 Å². The molecule has 2 aromatic heterocycles. The first-order chi connectivity index (χ1) is 33.1. The van der Waals surface area contributed by atoms with Crippen LogP contribution < -0.4 is 25.9 Å². The predicted molar refractivity (Wildman–Crippen MR) is 282 cm³/mol. The molecule has 12 aromatic rings. The summed E-state index contributed by atoms with van der Waals surface area (Å²) in [7, 11) is 0. The lowest BCUT2D eigenvalue weighted by Gasteiger charge is -2.36. The molecule has 0 fully saturated rings. The minimum Gasteiger partial charge on any atom is -0.458 e. The fraction of sp³-hybridized carbons (Fsp3) is 0.111. The fourth-order valence-electron chi connectivity index (χ4n) is 12.5. The first-order valence-electron chi connectivity index (χ1n) is 23.9. The van der Waals surface area contributed by atoms with Gasteiger partial charge in [0.1, 0.15) is 34.2 Å². The highest BCUT2D eigenvalue weighted by atomic mass is 16.5. The van der Waals surface area contributed by atoms with Gasteiger partial charge in [0.25, 0.3) is 6.71 Å². The minimum atomic E-state index is -0.355. The lowest BCUT2D eigenvalue weighted by Crippen LogP contribution is -2.58. The Labute approximate surface area is 394 Å². The molecule has 5 heteroatoms. The first kappa shape index (κ1) is 38.1. The second-order valence-electron chi connectivity index (χ2n) is 20.8. The van der Waals surface area contributed by atoms with Gasteiger partial charge in [-0.1, -0.05) is 156 Å². The van der Waals surface area contributed by atoms with Crippen LogP contribution in [0.25, 0.3) is 93.2 Å².